The first kappa shape index (κ1) is 35.9. The lowest BCUT2D eigenvalue weighted by Gasteiger charge is -2.34. The summed E-state index contributed by atoms with van der Waals surface area (Å²) in [6, 6.07) is 7.14. The van der Waals surface area contributed by atoms with Crippen molar-refractivity contribution < 1.29 is 19.5 Å². The third-order valence-corrected chi connectivity index (χ3v) is 9.15. The summed E-state index contributed by atoms with van der Waals surface area (Å²) in [6.07, 6.45) is 9.05. The van der Waals surface area contributed by atoms with Crippen molar-refractivity contribution in [1.82, 2.24) is 20.2 Å². The lowest BCUT2D eigenvalue weighted by molar-refractivity contribution is -0.150. The van der Waals surface area contributed by atoms with Crippen molar-refractivity contribution in [3.8, 4) is 0 Å². The number of rotatable bonds is 16. The molecule has 2 aromatic rings. The third kappa shape index (κ3) is 10.5. The van der Waals surface area contributed by atoms with Crippen LogP contribution >= 0.6 is 0 Å². The number of anilines is 2. The van der Waals surface area contributed by atoms with Gasteiger partial charge in [-0.25, -0.2) is 4.98 Å². The van der Waals surface area contributed by atoms with Crippen molar-refractivity contribution in [1.29, 1.82) is 0 Å². The Morgan fingerprint density at radius 1 is 1.02 bits per heavy atom. The molecule has 11 heteroatoms. The molecule has 0 saturated heterocycles. The normalized spacial score (nSPS) is 17.1. The number of nitrogens with one attached hydrogen (secondary N) is 2. The molecule has 1 aliphatic carbocycles. The van der Waals surface area contributed by atoms with Gasteiger partial charge < -0.3 is 27.2 Å². The van der Waals surface area contributed by atoms with Crippen molar-refractivity contribution in [2.24, 2.45) is 29.4 Å². The van der Waals surface area contributed by atoms with Gasteiger partial charge in [0.1, 0.15) is 11.5 Å². The Morgan fingerprint density at radius 2 is 1.73 bits per heavy atom. The van der Waals surface area contributed by atoms with Crippen molar-refractivity contribution in [3.63, 3.8) is 0 Å². The fourth-order valence-corrected chi connectivity index (χ4v) is 5.97. The van der Waals surface area contributed by atoms with E-state index in [0.717, 1.165) is 25.7 Å². The highest BCUT2D eigenvalue weighted by Gasteiger charge is 2.37. The van der Waals surface area contributed by atoms with Crippen molar-refractivity contribution in [2.45, 2.75) is 97.2 Å². The maximum absolute atomic E-state index is 14.2. The number of hydrogen-bond donors (Lipinski definition) is 5. The van der Waals surface area contributed by atoms with Crippen LogP contribution in [0.4, 0.5) is 11.5 Å². The van der Waals surface area contributed by atoms with E-state index in [2.05, 4.69) is 20.6 Å². The minimum Gasteiger partial charge on any atom is -0.396 e. The molecule has 2 heterocycles. The van der Waals surface area contributed by atoms with Gasteiger partial charge in [-0.3, -0.25) is 24.3 Å². The molecule has 5 atom stereocenters. The van der Waals surface area contributed by atoms with Crippen LogP contribution in [0, 0.1) is 23.7 Å². The maximum Gasteiger partial charge on any atom is 0.270 e. The Kier molecular flexibility index (Phi) is 14.2. The van der Waals surface area contributed by atoms with Crippen molar-refractivity contribution >= 4 is 29.2 Å². The van der Waals surface area contributed by atoms with E-state index in [-0.39, 0.29) is 42.9 Å². The summed E-state index contributed by atoms with van der Waals surface area (Å²) in [7, 11) is 0. The van der Waals surface area contributed by atoms with Crippen molar-refractivity contribution in [2.75, 3.05) is 24.1 Å². The summed E-state index contributed by atoms with van der Waals surface area (Å²) in [4.78, 5) is 50.7. The molecule has 0 aliphatic heterocycles. The van der Waals surface area contributed by atoms with Crippen molar-refractivity contribution in [3.05, 3.63) is 48.4 Å². The van der Waals surface area contributed by atoms with Gasteiger partial charge >= 0.3 is 0 Å². The molecule has 3 amide bonds. The highest BCUT2D eigenvalue weighted by Crippen LogP contribution is 2.30. The molecule has 248 valence electrons. The van der Waals surface area contributed by atoms with E-state index in [9.17, 15) is 19.5 Å². The van der Waals surface area contributed by atoms with Gasteiger partial charge in [0.05, 0.1) is 23.9 Å². The van der Waals surface area contributed by atoms with E-state index in [0.29, 0.717) is 30.3 Å². The zero-order valence-corrected chi connectivity index (χ0v) is 27.3. The van der Waals surface area contributed by atoms with Crippen LogP contribution in [0.1, 0.15) is 89.5 Å². The molecule has 3 rings (SSSR count). The molecular formula is C34H53N7O4. The first-order valence-corrected chi connectivity index (χ1v) is 16.5. The Morgan fingerprint density at radius 3 is 2.36 bits per heavy atom. The van der Waals surface area contributed by atoms with Gasteiger partial charge in [0.2, 0.25) is 11.8 Å². The van der Waals surface area contributed by atoms with E-state index in [4.69, 9.17) is 11.5 Å². The van der Waals surface area contributed by atoms with Crippen LogP contribution in [0.15, 0.2) is 42.7 Å². The standard InChI is InChI=1S/C34H53N7O4/c1-5-23(4)30(36)34(45)41(19-18-39-31-26(35)14-11-17-38-31)33(44)25(22(2)3)21-29(42)28(20-24-12-7-6-8-13-24)40-32(43)27-15-9-10-16-37-27/h9-11,14-17,22-25,28-30,42H,5-8,12-13,18-21,35-36H2,1-4H3,(H,38,39)(H,40,43)/t23?,25-,28-,29-,30-/m0/s1. The number of aliphatic hydroxyl groups is 1. The molecule has 0 radical (unpaired) electrons. The number of hydrogen-bond acceptors (Lipinski definition) is 9. The van der Waals surface area contributed by atoms with Gasteiger partial charge in [0.15, 0.2) is 0 Å². The Bertz CT molecular complexity index is 1220. The van der Waals surface area contributed by atoms with Crippen LogP contribution in [0.5, 0.6) is 0 Å². The molecule has 11 nitrogen and oxygen atoms in total. The summed E-state index contributed by atoms with van der Waals surface area (Å²) in [5.41, 5.74) is 13.1. The monoisotopic (exact) mass is 623 g/mol. The summed E-state index contributed by atoms with van der Waals surface area (Å²) < 4.78 is 0. The topological polar surface area (TPSA) is 177 Å². The van der Waals surface area contributed by atoms with Crippen LogP contribution in [0.2, 0.25) is 0 Å². The van der Waals surface area contributed by atoms with Gasteiger partial charge in [-0.15, -0.1) is 0 Å². The number of nitrogens with two attached hydrogens (primary N) is 2. The van der Waals surface area contributed by atoms with Gasteiger partial charge in [-0.1, -0.05) is 72.3 Å². The van der Waals surface area contributed by atoms with Crippen LogP contribution < -0.4 is 22.1 Å². The molecule has 1 aliphatic rings. The predicted molar refractivity (Wildman–Crippen MR) is 177 cm³/mol. The molecule has 1 saturated carbocycles. The average molecular weight is 624 g/mol. The second-order valence-corrected chi connectivity index (χ2v) is 12.8. The largest absolute Gasteiger partial charge is 0.396 e. The second-order valence-electron chi connectivity index (χ2n) is 12.8. The van der Waals surface area contributed by atoms with Crippen LogP contribution in [0.25, 0.3) is 0 Å². The highest BCUT2D eigenvalue weighted by molar-refractivity contribution is 5.99. The molecule has 0 aromatic carbocycles. The smallest absolute Gasteiger partial charge is 0.270 e. The third-order valence-electron chi connectivity index (χ3n) is 9.15. The fourth-order valence-electron chi connectivity index (χ4n) is 5.97. The molecular weight excluding hydrogens is 570 g/mol. The quantitative estimate of drug-likeness (QED) is 0.185. The number of pyridine rings is 2. The number of carbonyl (C=O) groups excluding carboxylic acids is 3. The minimum atomic E-state index is -1.01. The summed E-state index contributed by atoms with van der Waals surface area (Å²) in [5, 5.41) is 17.8. The predicted octanol–water partition coefficient (Wildman–Crippen LogP) is 3.99. The molecule has 1 unspecified atom stereocenters. The van der Waals surface area contributed by atoms with E-state index in [1.54, 1.807) is 42.7 Å². The number of nitrogens with zero attached hydrogens (tertiary/aromatic N) is 3. The van der Waals surface area contributed by atoms with E-state index < -0.39 is 35.9 Å². The molecule has 0 spiro atoms. The first-order valence-electron chi connectivity index (χ1n) is 16.5. The highest BCUT2D eigenvalue weighted by atomic mass is 16.3. The zero-order valence-electron chi connectivity index (χ0n) is 27.3. The summed E-state index contributed by atoms with van der Waals surface area (Å²) in [6.45, 7) is 7.93. The molecule has 7 N–H and O–H groups in total. The minimum absolute atomic E-state index is 0.0546. The fraction of sp³-hybridized carbons (Fsp3) is 0.618. The molecule has 1 fully saturated rings. The lowest BCUT2D eigenvalue weighted by Crippen LogP contribution is -2.54. The number of aromatic nitrogens is 2. The van der Waals surface area contributed by atoms with Gasteiger partial charge in [0.25, 0.3) is 5.91 Å². The zero-order chi connectivity index (χ0) is 32.9. The van der Waals surface area contributed by atoms with Crippen LogP contribution in [-0.4, -0.2) is 69.0 Å². The maximum atomic E-state index is 14.2. The Labute approximate surface area is 267 Å². The number of imide groups is 1. The van der Waals surface area contributed by atoms with E-state index >= 15 is 0 Å². The number of nitrogen functional groups attached to an aromatic ring is 1. The average Bonchev–Trinajstić information content (AvgIpc) is 3.05. The SMILES string of the molecule is CCC(C)[C@H](N)C(=O)N(CCNc1ncccc1N)C(=O)[C@@H](C[C@H](O)[C@H](CC1CCCCC1)NC(=O)c1ccccn1)C(C)C. The second kappa shape index (κ2) is 17.8. The van der Waals surface area contributed by atoms with E-state index in [1.807, 2.05) is 27.7 Å². The van der Waals surface area contributed by atoms with Gasteiger partial charge in [-0.2, -0.15) is 0 Å². The summed E-state index contributed by atoms with van der Waals surface area (Å²) >= 11 is 0. The first-order chi connectivity index (χ1) is 21.5. The van der Waals surface area contributed by atoms with Crippen LogP contribution in [-0.2, 0) is 9.59 Å². The van der Waals surface area contributed by atoms with Crippen LogP contribution in [0.3, 0.4) is 0 Å². The number of carbonyl (C=O) groups is 3. The summed E-state index contributed by atoms with van der Waals surface area (Å²) in [5.74, 6) is -1.38. The lowest BCUT2D eigenvalue weighted by atomic mass is 9.81. The van der Waals surface area contributed by atoms with E-state index in [1.165, 1.54) is 11.3 Å². The molecule has 0 bridgehead atoms. The Balaban J connectivity index is 1.82. The Hall–Kier alpha value is -3.57. The van der Waals surface area contributed by atoms with Gasteiger partial charge in [-0.05, 0) is 54.9 Å². The molecule has 45 heavy (non-hydrogen) atoms. The number of aliphatic hydroxyl groups excluding tert-OH is 1. The number of amides is 3. The van der Waals surface area contributed by atoms with Gasteiger partial charge in [0, 0.05) is 31.4 Å². The molecule has 2 aromatic heterocycles.